The number of thiazole rings is 1. The van der Waals surface area contributed by atoms with Crippen LogP contribution in [-0.2, 0) is 0 Å². The van der Waals surface area contributed by atoms with Crippen LogP contribution in [0.4, 0.5) is 0 Å². The molecule has 0 aliphatic rings. The summed E-state index contributed by atoms with van der Waals surface area (Å²) in [5.41, 5.74) is 4.83. The predicted molar refractivity (Wildman–Crippen MR) is 96.7 cm³/mol. The van der Waals surface area contributed by atoms with Crippen LogP contribution in [0.15, 0.2) is 35.8 Å². The lowest BCUT2D eigenvalue weighted by Gasteiger charge is -2.08. The molecule has 3 rings (SSSR count). The number of rotatable bonds is 5. The Bertz CT molecular complexity index is 859. The summed E-state index contributed by atoms with van der Waals surface area (Å²) in [5, 5.41) is 2.80. The van der Waals surface area contributed by atoms with Crippen molar-refractivity contribution in [2.75, 3.05) is 6.61 Å². The van der Waals surface area contributed by atoms with Gasteiger partial charge in [-0.15, -0.1) is 11.3 Å². The first-order chi connectivity index (χ1) is 11.5. The van der Waals surface area contributed by atoms with Crippen molar-refractivity contribution in [2.24, 2.45) is 0 Å². The predicted octanol–water partition coefficient (Wildman–Crippen LogP) is 4.43. The van der Waals surface area contributed by atoms with Crippen molar-refractivity contribution in [1.29, 1.82) is 0 Å². The summed E-state index contributed by atoms with van der Waals surface area (Å²) in [6.07, 6.45) is 1.77. The monoisotopic (exact) mass is 340 g/mol. The second kappa shape index (κ2) is 6.61. The van der Waals surface area contributed by atoms with Gasteiger partial charge in [0, 0.05) is 28.5 Å². The molecule has 2 heterocycles. The van der Waals surface area contributed by atoms with E-state index in [1.54, 1.807) is 17.5 Å². The summed E-state index contributed by atoms with van der Waals surface area (Å²) in [5.74, 6) is 0.708. The molecule has 0 fully saturated rings. The molecule has 0 spiro atoms. The van der Waals surface area contributed by atoms with Crippen LogP contribution < -0.4 is 4.74 Å². The molecule has 0 N–H and O–H groups in total. The van der Waals surface area contributed by atoms with Crippen molar-refractivity contribution in [3.8, 4) is 10.9 Å². The Kier molecular flexibility index (Phi) is 4.53. The Balaban J connectivity index is 1.80. The van der Waals surface area contributed by atoms with E-state index < -0.39 is 0 Å². The molecule has 0 amide bonds. The molecule has 0 saturated heterocycles. The fraction of sp³-hybridized carbons (Fsp3) is 0.263. The second-order valence-electron chi connectivity index (χ2n) is 5.97. The molecule has 0 bridgehead atoms. The van der Waals surface area contributed by atoms with Gasteiger partial charge in [0.25, 0.3) is 0 Å². The summed E-state index contributed by atoms with van der Waals surface area (Å²) in [7, 11) is 0. The Morgan fingerprint density at radius 2 is 1.83 bits per heavy atom. The van der Waals surface area contributed by atoms with Crippen molar-refractivity contribution in [3.63, 3.8) is 0 Å². The highest BCUT2D eigenvalue weighted by atomic mass is 32.1. The molecule has 124 valence electrons. The SMILES string of the molecule is Cc1cc(C)cc(OCC(=O)c2cc(C)n(-c3nccs3)c2C)c1. The number of ketones is 1. The maximum absolute atomic E-state index is 12.6. The minimum atomic E-state index is -0.0231. The standard InChI is InChI=1S/C19H20N2O2S/c1-12-7-13(2)9-16(8-12)23-11-18(22)17-10-14(3)21(15(17)4)19-20-5-6-24-19/h5-10H,11H2,1-4H3. The Morgan fingerprint density at radius 1 is 1.12 bits per heavy atom. The van der Waals surface area contributed by atoms with Crippen LogP contribution in [0.2, 0.25) is 0 Å². The normalized spacial score (nSPS) is 10.8. The number of aromatic nitrogens is 2. The lowest BCUT2D eigenvalue weighted by Crippen LogP contribution is -2.13. The number of Topliss-reactive ketones (excluding diaryl/α,β-unsaturated/α-hetero) is 1. The summed E-state index contributed by atoms with van der Waals surface area (Å²) in [4.78, 5) is 16.9. The third-order valence-electron chi connectivity index (χ3n) is 3.91. The zero-order chi connectivity index (χ0) is 17.3. The van der Waals surface area contributed by atoms with E-state index in [4.69, 9.17) is 4.74 Å². The summed E-state index contributed by atoms with van der Waals surface area (Å²) in [6.45, 7) is 7.99. The molecule has 3 aromatic rings. The molecule has 0 aliphatic heterocycles. The zero-order valence-electron chi connectivity index (χ0n) is 14.3. The maximum Gasteiger partial charge on any atom is 0.202 e. The molecule has 1 aromatic carbocycles. The Labute approximate surface area is 145 Å². The zero-order valence-corrected chi connectivity index (χ0v) is 15.1. The average Bonchev–Trinajstić information content (AvgIpc) is 3.12. The third kappa shape index (κ3) is 3.26. The van der Waals surface area contributed by atoms with Gasteiger partial charge >= 0.3 is 0 Å². The number of aryl methyl sites for hydroxylation is 3. The molecule has 0 saturated carbocycles. The quantitative estimate of drug-likeness (QED) is 0.645. The fourth-order valence-electron chi connectivity index (χ4n) is 2.91. The van der Waals surface area contributed by atoms with Crippen molar-refractivity contribution >= 4 is 17.1 Å². The van der Waals surface area contributed by atoms with Gasteiger partial charge < -0.3 is 4.74 Å². The van der Waals surface area contributed by atoms with Crippen molar-refractivity contribution in [2.45, 2.75) is 27.7 Å². The largest absolute Gasteiger partial charge is 0.485 e. The lowest BCUT2D eigenvalue weighted by molar-refractivity contribution is 0.0921. The maximum atomic E-state index is 12.6. The van der Waals surface area contributed by atoms with Gasteiger partial charge in [-0.2, -0.15) is 0 Å². The molecule has 4 nitrogen and oxygen atoms in total. The molecule has 0 aliphatic carbocycles. The molecule has 0 radical (unpaired) electrons. The van der Waals surface area contributed by atoms with Gasteiger partial charge in [-0.25, -0.2) is 4.98 Å². The van der Waals surface area contributed by atoms with Gasteiger partial charge in [0.1, 0.15) is 5.75 Å². The topological polar surface area (TPSA) is 44.1 Å². The van der Waals surface area contributed by atoms with Crippen LogP contribution in [0.3, 0.4) is 0 Å². The van der Waals surface area contributed by atoms with Gasteiger partial charge in [0.15, 0.2) is 11.7 Å². The molecule has 0 unspecified atom stereocenters. The van der Waals surface area contributed by atoms with Crippen LogP contribution >= 0.6 is 11.3 Å². The molecule has 0 atom stereocenters. The average molecular weight is 340 g/mol. The van der Waals surface area contributed by atoms with E-state index in [1.807, 2.05) is 55.8 Å². The Morgan fingerprint density at radius 3 is 2.46 bits per heavy atom. The van der Waals surface area contributed by atoms with E-state index in [0.717, 1.165) is 33.4 Å². The number of hydrogen-bond acceptors (Lipinski definition) is 4. The molecule has 5 heteroatoms. The first-order valence-corrected chi connectivity index (χ1v) is 8.67. The molecule has 2 aromatic heterocycles. The van der Waals surface area contributed by atoms with Crippen molar-refractivity contribution in [3.05, 3.63) is 63.9 Å². The minimum Gasteiger partial charge on any atom is -0.485 e. The molecule has 24 heavy (non-hydrogen) atoms. The van der Waals surface area contributed by atoms with Crippen LogP contribution in [0, 0.1) is 27.7 Å². The highest BCUT2D eigenvalue weighted by molar-refractivity contribution is 7.12. The fourth-order valence-corrected chi connectivity index (χ4v) is 3.66. The van der Waals surface area contributed by atoms with Crippen LogP contribution in [0.25, 0.3) is 5.13 Å². The smallest absolute Gasteiger partial charge is 0.202 e. The Hall–Kier alpha value is -2.40. The highest BCUT2D eigenvalue weighted by Crippen LogP contribution is 2.23. The lowest BCUT2D eigenvalue weighted by atomic mass is 10.1. The number of carbonyl (C=O) groups excluding carboxylic acids is 1. The van der Waals surface area contributed by atoms with Crippen molar-refractivity contribution < 1.29 is 9.53 Å². The van der Waals surface area contributed by atoms with E-state index in [9.17, 15) is 4.79 Å². The van der Waals surface area contributed by atoms with Gasteiger partial charge in [-0.1, -0.05) is 6.07 Å². The van der Waals surface area contributed by atoms with Gasteiger partial charge in [-0.05, 0) is 57.0 Å². The van der Waals surface area contributed by atoms with Crippen LogP contribution in [-0.4, -0.2) is 21.9 Å². The van der Waals surface area contributed by atoms with E-state index >= 15 is 0 Å². The van der Waals surface area contributed by atoms with Crippen LogP contribution in [0.5, 0.6) is 5.75 Å². The number of benzene rings is 1. The van der Waals surface area contributed by atoms with Crippen molar-refractivity contribution in [1.82, 2.24) is 9.55 Å². The summed E-state index contributed by atoms with van der Waals surface area (Å²) in [6, 6.07) is 7.87. The number of ether oxygens (including phenoxy) is 1. The number of hydrogen-bond donors (Lipinski definition) is 0. The summed E-state index contributed by atoms with van der Waals surface area (Å²) < 4.78 is 7.72. The highest BCUT2D eigenvalue weighted by Gasteiger charge is 2.18. The molecular weight excluding hydrogens is 320 g/mol. The first kappa shape index (κ1) is 16.5. The van der Waals surface area contributed by atoms with E-state index in [-0.39, 0.29) is 12.4 Å². The molecular formula is C19H20N2O2S. The number of nitrogens with zero attached hydrogens (tertiary/aromatic N) is 2. The van der Waals surface area contributed by atoms with Gasteiger partial charge in [0.05, 0.1) is 0 Å². The minimum absolute atomic E-state index is 0.0231. The van der Waals surface area contributed by atoms with Gasteiger partial charge in [0.2, 0.25) is 5.78 Å². The van der Waals surface area contributed by atoms with E-state index in [0.29, 0.717) is 5.56 Å². The third-order valence-corrected chi connectivity index (χ3v) is 4.66. The first-order valence-electron chi connectivity index (χ1n) is 7.79. The number of carbonyl (C=O) groups is 1. The summed E-state index contributed by atoms with van der Waals surface area (Å²) >= 11 is 1.55. The second-order valence-corrected chi connectivity index (χ2v) is 6.84. The van der Waals surface area contributed by atoms with Gasteiger partial charge in [-0.3, -0.25) is 9.36 Å². The van der Waals surface area contributed by atoms with E-state index in [2.05, 4.69) is 11.1 Å². The van der Waals surface area contributed by atoms with E-state index in [1.165, 1.54) is 0 Å². The van der Waals surface area contributed by atoms with Crippen LogP contribution in [0.1, 0.15) is 32.9 Å².